The van der Waals surface area contributed by atoms with Crippen LogP contribution in [0, 0.1) is 13.8 Å². The van der Waals surface area contributed by atoms with E-state index in [0.29, 0.717) is 41.1 Å². The summed E-state index contributed by atoms with van der Waals surface area (Å²) < 4.78 is 27.2. The van der Waals surface area contributed by atoms with E-state index in [2.05, 4.69) is 4.98 Å². The molecule has 2 heterocycles. The number of carbonyl (C=O) groups is 1. The van der Waals surface area contributed by atoms with Crippen molar-refractivity contribution >= 4 is 32.4 Å². The smallest absolute Gasteiger partial charge is 0.286 e. The number of anilines is 1. The van der Waals surface area contributed by atoms with Crippen LogP contribution in [0.15, 0.2) is 29.3 Å². The van der Waals surface area contributed by atoms with Crippen molar-refractivity contribution in [2.75, 3.05) is 31.1 Å². The van der Waals surface area contributed by atoms with E-state index < -0.39 is 15.9 Å². The summed E-state index contributed by atoms with van der Waals surface area (Å²) in [6, 6.07) is 5.17. The molecule has 1 amide bonds. The van der Waals surface area contributed by atoms with E-state index in [4.69, 9.17) is 5.21 Å². The van der Waals surface area contributed by atoms with E-state index in [-0.39, 0.29) is 0 Å². The fourth-order valence-electron chi connectivity index (χ4n) is 2.71. The number of piperazine rings is 1. The Hall–Kier alpha value is -2.01. The lowest BCUT2D eigenvalue weighted by Crippen LogP contribution is -2.48. The fraction of sp³-hybridized carbons (Fsp3) is 0.375. The van der Waals surface area contributed by atoms with Gasteiger partial charge in [0.15, 0.2) is 5.13 Å². The summed E-state index contributed by atoms with van der Waals surface area (Å²) in [5.41, 5.74) is 3.58. The number of rotatable bonds is 4. The van der Waals surface area contributed by atoms with Crippen molar-refractivity contribution in [2.45, 2.75) is 18.7 Å². The molecule has 2 N–H and O–H groups in total. The number of sulfonamides is 1. The highest BCUT2D eigenvalue weighted by atomic mass is 32.2. The maximum atomic E-state index is 12.8. The number of hydrogen-bond acceptors (Lipinski definition) is 7. The largest absolute Gasteiger partial charge is 0.345 e. The Morgan fingerprint density at radius 3 is 2.50 bits per heavy atom. The monoisotopic (exact) mass is 396 g/mol. The SMILES string of the molecule is Cc1ccc(S(=O)(=O)N2CCN(c3ncc(C(=O)NO)s3)CC2)cc1C. The summed E-state index contributed by atoms with van der Waals surface area (Å²) in [5, 5.41) is 9.30. The van der Waals surface area contributed by atoms with Gasteiger partial charge in [0.1, 0.15) is 4.88 Å². The number of benzene rings is 1. The minimum Gasteiger partial charge on any atom is -0.345 e. The first-order valence-electron chi connectivity index (χ1n) is 8.05. The molecule has 0 radical (unpaired) electrons. The number of amides is 1. The molecular formula is C16H20N4O4S2. The Morgan fingerprint density at radius 1 is 1.19 bits per heavy atom. The fourth-order valence-corrected chi connectivity index (χ4v) is 5.08. The van der Waals surface area contributed by atoms with E-state index in [1.165, 1.54) is 10.5 Å². The van der Waals surface area contributed by atoms with Crippen LogP contribution >= 0.6 is 11.3 Å². The average Bonchev–Trinajstić information content (AvgIpc) is 3.13. The molecule has 0 spiro atoms. The molecule has 3 rings (SSSR count). The lowest BCUT2D eigenvalue weighted by atomic mass is 10.1. The Bertz CT molecular complexity index is 918. The van der Waals surface area contributed by atoms with Crippen molar-refractivity contribution in [2.24, 2.45) is 0 Å². The number of aryl methyl sites for hydroxylation is 2. The summed E-state index contributed by atoms with van der Waals surface area (Å²) in [6.07, 6.45) is 1.39. The average molecular weight is 396 g/mol. The molecule has 8 nitrogen and oxygen atoms in total. The van der Waals surface area contributed by atoms with E-state index >= 15 is 0 Å². The lowest BCUT2D eigenvalue weighted by molar-refractivity contribution is 0.0710. The predicted molar refractivity (Wildman–Crippen MR) is 98.3 cm³/mol. The van der Waals surface area contributed by atoms with Gasteiger partial charge in [-0.25, -0.2) is 18.9 Å². The third kappa shape index (κ3) is 3.58. The van der Waals surface area contributed by atoms with Crippen LogP contribution in [-0.2, 0) is 10.0 Å². The van der Waals surface area contributed by atoms with Crippen LogP contribution in [0.1, 0.15) is 20.8 Å². The maximum absolute atomic E-state index is 12.8. The van der Waals surface area contributed by atoms with Crippen LogP contribution < -0.4 is 10.4 Å². The molecule has 10 heteroatoms. The van der Waals surface area contributed by atoms with Crippen molar-refractivity contribution in [3.05, 3.63) is 40.4 Å². The molecule has 0 saturated carbocycles. The van der Waals surface area contributed by atoms with Gasteiger partial charge in [0.25, 0.3) is 5.91 Å². The molecule has 1 aliphatic rings. The normalized spacial score (nSPS) is 15.9. The summed E-state index contributed by atoms with van der Waals surface area (Å²) in [6.45, 7) is 5.50. The van der Waals surface area contributed by atoms with Crippen LogP contribution in [0.25, 0.3) is 0 Å². The predicted octanol–water partition coefficient (Wildman–Crippen LogP) is 1.39. The lowest BCUT2D eigenvalue weighted by Gasteiger charge is -2.33. The Labute approximate surface area is 156 Å². The topological polar surface area (TPSA) is 103 Å². The second kappa shape index (κ2) is 7.31. The highest BCUT2D eigenvalue weighted by Gasteiger charge is 2.29. The minimum atomic E-state index is -3.53. The van der Waals surface area contributed by atoms with Gasteiger partial charge in [-0.2, -0.15) is 4.31 Å². The van der Waals surface area contributed by atoms with Crippen molar-refractivity contribution < 1.29 is 18.4 Å². The summed E-state index contributed by atoms with van der Waals surface area (Å²) in [4.78, 5) is 18.1. The third-order valence-corrected chi connectivity index (χ3v) is 7.40. The van der Waals surface area contributed by atoms with E-state index in [1.54, 1.807) is 17.6 Å². The number of nitrogens with one attached hydrogen (secondary N) is 1. The molecule has 0 unspecified atom stereocenters. The van der Waals surface area contributed by atoms with E-state index in [9.17, 15) is 13.2 Å². The molecular weight excluding hydrogens is 376 g/mol. The van der Waals surface area contributed by atoms with Gasteiger partial charge in [0.05, 0.1) is 11.1 Å². The Kier molecular flexibility index (Phi) is 5.28. The zero-order valence-corrected chi connectivity index (χ0v) is 16.1. The number of aromatic nitrogens is 1. The van der Waals surface area contributed by atoms with Gasteiger partial charge in [-0.15, -0.1) is 0 Å². The zero-order chi connectivity index (χ0) is 18.9. The quantitative estimate of drug-likeness (QED) is 0.598. The van der Waals surface area contributed by atoms with Crippen LogP contribution in [0.4, 0.5) is 5.13 Å². The highest BCUT2D eigenvalue weighted by molar-refractivity contribution is 7.89. The summed E-state index contributed by atoms with van der Waals surface area (Å²) in [5.74, 6) is -0.607. The summed E-state index contributed by atoms with van der Waals surface area (Å²) in [7, 11) is -3.53. The molecule has 0 atom stereocenters. The highest BCUT2D eigenvalue weighted by Crippen LogP contribution is 2.26. The molecule has 1 aromatic heterocycles. The van der Waals surface area contributed by atoms with Crippen LogP contribution in [0.2, 0.25) is 0 Å². The molecule has 1 fully saturated rings. The first kappa shape index (κ1) is 18.8. The molecule has 0 aliphatic carbocycles. The summed E-state index contributed by atoms with van der Waals surface area (Å²) >= 11 is 1.16. The Morgan fingerprint density at radius 2 is 1.88 bits per heavy atom. The van der Waals surface area contributed by atoms with Gasteiger partial charge in [-0.05, 0) is 37.1 Å². The molecule has 26 heavy (non-hydrogen) atoms. The second-order valence-electron chi connectivity index (χ2n) is 6.09. The van der Waals surface area contributed by atoms with Gasteiger partial charge in [-0.1, -0.05) is 17.4 Å². The van der Waals surface area contributed by atoms with Crippen LogP contribution in [0.5, 0.6) is 0 Å². The van der Waals surface area contributed by atoms with Crippen LogP contribution in [0.3, 0.4) is 0 Å². The second-order valence-corrected chi connectivity index (χ2v) is 9.03. The van der Waals surface area contributed by atoms with E-state index in [1.807, 2.05) is 24.8 Å². The van der Waals surface area contributed by atoms with Gasteiger partial charge >= 0.3 is 0 Å². The van der Waals surface area contributed by atoms with E-state index in [0.717, 1.165) is 22.5 Å². The maximum Gasteiger partial charge on any atom is 0.286 e. The van der Waals surface area contributed by atoms with Crippen LogP contribution in [-0.4, -0.2) is 55.0 Å². The number of carbonyl (C=O) groups excluding carboxylic acids is 1. The molecule has 1 aliphatic heterocycles. The third-order valence-electron chi connectivity index (χ3n) is 4.44. The first-order chi connectivity index (χ1) is 12.3. The van der Waals surface area contributed by atoms with Crippen molar-refractivity contribution in [1.82, 2.24) is 14.8 Å². The molecule has 0 bridgehead atoms. The van der Waals surface area contributed by atoms with Gasteiger partial charge < -0.3 is 4.90 Å². The van der Waals surface area contributed by atoms with Gasteiger partial charge in [-0.3, -0.25) is 10.0 Å². The standard InChI is InChI=1S/C16H20N4O4S2/c1-11-3-4-13(9-12(11)2)26(23,24)20-7-5-19(6-8-20)16-17-10-14(25-16)15(21)18-22/h3-4,9-10,22H,5-8H2,1-2H3,(H,18,21). The number of hydrogen-bond donors (Lipinski definition) is 2. The first-order valence-corrected chi connectivity index (χ1v) is 10.3. The number of thiazole rings is 1. The van der Waals surface area contributed by atoms with Gasteiger partial charge in [0.2, 0.25) is 10.0 Å². The molecule has 1 saturated heterocycles. The van der Waals surface area contributed by atoms with Gasteiger partial charge in [0, 0.05) is 26.2 Å². The zero-order valence-electron chi connectivity index (χ0n) is 14.5. The van der Waals surface area contributed by atoms with Crippen molar-refractivity contribution in [1.29, 1.82) is 0 Å². The number of nitrogens with zero attached hydrogens (tertiary/aromatic N) is 3. The van der Waals surface area contributed by atoms with Crippen molar-refractivity contribution in [3.8, 4) is 0 Å². The Balaban J connectivity index is 1.70. The molecule has 2 aromatic rings. The molecule has 1 aromatic carbocycles. The van der Waals surface area contributed by atoms with Crippen molar-refractivity contribution in [3.63, 3.8) is 0 Å². The number of hydroxylamine groups is 1. The minimum absolute atomic E-state index is 0.299. The molecule has 140 valence electrons.